The maximum absolute atomic E-state index is 10.5. The monoisotopic (exact) mass is 170 g/mol. The van der Waals surface area contributed by atoms with Gasteiger partial charge in [-0.3, -0.25) is 4.79 Å². The molecule has 12 heavy (non-hydrogen) atoms. The number of nitrogens with one attached hydrogen (secondary N) is 1. The fourth-order valence-corrected chi connectivity index (χ4v) is 0.824. The Kier molecular flexibility index (Phi) is 2.79. The first-order valence-electron chi connectivity index (χ1n) is 3.67. The van der Waals surface area contributed by atoms with E-state index in [9.17, 15) is 9.59 Å². The number of nitrogens with zero attached hydrogens (tertiary/aromatic N) is 1. The summed E-state index contributed by atoms with van der Waals surface area (Å²) in [7, 11) is 0. The zero-order chi connectivity index (χ0) is 8.97. The number of aliphatic imine (C=N–C) groups is 1. The van der Waals surface area contributed by atoms with Crippen LogP contribution in [0.2, 0.25) is 0 Å². The fraction of sp³-hybridized carbons (Fsp3) is 0.571. The molecular formula is C7H10N2O3. The molecule has 0 saturated carbocycles. The normalized spacial score (nSPS) is 15.4. The van der Waals surface area contributed by atoms with Crippen LogP contribution >= 0.6 is 0 Å². The summed E-state index contributed by atoms with van der Waals surface area (Å²) in [6.07, 6.45) is 0.478. The van der Waals surface area contributed by atoms with E-state index < -0.39 is 0 Å². The van der Waals surface area contributed by atoms with E-state index in [1.54, 1.807) is 0 Å². The first kappa shape index (κ1) is 8.70. The predicted octanol–water partition coefficient (Wildman–Crippen LogP) is -0.532. The molecule has 0 atom stereocenters. The molecule has 1 N–H and O–H groups in total. The van der Waals surface area contributed by atoms with E-state index in [0.717, 1.165) is 0 Å². The van der Waals surface area contributed by atoms with Crippen LogP contribution in [0.4, 0.5) is 0 Å². The van der Waals surface area contributed by atoms with Crippen molar-refractivity contribution in [2.75, 3.05) is 13.1 Å². The van der Waals surface area contributed by atoms with Gasteiger partial charge in [0.1, 0.15) is 6.54 Å². The molecule has 0 aromatic heterocycles. The molecule has 0 aromatic rings. The number of rotatable bonds is 3. The van der Waals surface area contributed by atoms with Crippen LogP contribution in [-0.2, 0) is 14.3 Å². The average molecular weight is 170 g/mol. The summed E-state index contributed by atoms with van der Waals surface area (Å²) in [5, 5.41) is 2.58. The van der Waals surface area contributed by atoms with Gasteiger partial charge in [-0.15, -0.1) is 0 Å². The molecule has 66 valence electrons. The van der Waals surface area contributed by atoms with Gasteiger partial charge in [0.25, 0.3) is 0 Å². The third kappa shape index (κ3) is 2.69. The van der Waals surface area contributed by atoms with Crippen LogP contribution in [0.15, 0.2) is 4.99 Å². The fourth-order valence-electron chi connectivity index (χ4n) is 0.824. The molecule has 0 spiro atoms. The number of carbonyl (C=O) groups is 2. The Morgan fingerprint density at radius 2 is 2.50 bits per heavy atom. The molecule has 0 aromatic carbocycles. The second-order valence-electron chi connectivity index (χ2n) is 2.42. The maximum atomic E-state index is 10.5. The highest BCUT2D eigenvalue weighted by molar-refractivity contribution is 5.95. The van der Waals surface area contributed by atoms with E-state index in [4.69, 9.17) is 4.74 Å². The molecule has 1 amide bonds. The zero-order valence-corrected chi connectivity index (χ0v) is 6.79. The molecule has 0 unspecified atom stereocenters. The summed E-state index contributed by atoms with van der Waals surface area (Å²) in [6, 6.07) is 0. The van der Waals surface area contributed by atoms with Gasteiger partial charge in [0.15, 0.2) is 5.90 Å². The SMILES string of the molecule is CC(=O)NCCC1=NCC(=O)O1. The van der Waals surface area contributed by atoms with Crippen molar-refractivity contribution in [3.05, 3.63) is 0 Å². The number of esters is 1. The standard InChI is InChI=1S/C7H10N2O3/c1-5(10)8-3-2-6-9-4-7(11)12-6/h2-4H2,1H3,(H,8,10). The van der Waals surface area contributed by atoms with Gasteiger partial charge in [-0.1, -0.05) is 0 Å². The summed E-state index contributed by atoms with van der Waals surface area (Å²) in [6.45, 7) is 2.00. The highest BCUT2D eigenvalue weighted by Gasteiger charge is 2.14. The van der Waals surface area contributed by atoms with Gasteiger partial charge < -0.3 is 10.1 Å². The highest BCUT2D eigenvalue weighted by Crippen LogP contribution is 1.98. The molecule has 5 nitrogen and oxygen atoms in total. The van der Waals surface area contributed by atoms with Crippen molar-refractivity contribution in [3.8, 4) is 0 Å². The van der Waals surface area contributed by atoms with Gasteiger partial charge in [-0.25, -0.2) is 9.79 Å². The Bertz CT molecular complexity index is 235. The molecule has 0 radical (unpaired) electrons. The Morgan fingerprint density at radius 1 is 1.75 bits per heavy atom. The molecule has 5 heteroatoms. The Hall–Kier alpha value is -1.39. The van der Waals surface area contributed by atoms with Gasteiger partial charge in [-0.05, 0) is 0 Å². The van der Waals surface area contributed by atoms with E-state index in [-0.39, 0.29) is 18.4 Å². The van der Waals surface area contributed by atoms with Crippen LogP contribution in [0, 0.1) is 0 Å². The van der Waals surface area contributed by atoms with Crippen LogP contribution in [0.1, 0.15) is 13.3 Å². The van der Waals surface area contributed by atoms with E-state index in [2.05, 4.69) is 10.3 Å². The number of hydrogen-bond donors (Lipinski definition) is 1. The van der Waals surface area contributed by atoms with Crippen LogP contribution in [-0.4, -0.2) is 30.9 Å². The van der Waals surface area contributed by atoms with Gasteiger partial charge in [-0.2, -0.15) is 0 Å². The largest absolute Gasteiger partial charge is 0.410 e. The topological polar surface area (TPSA) is 67.8 Å². The van der Waals surface area contributed by atoms with Crippen molar-refractivity contribution in [3.63, 3.8) is 0 Å². The van der Waals surface area contributed by atoms with E-state index in [0.29, 0.717) is 18.9 Å². The lowest BCUT2D eigenvalue weighted by Crippen LogP contribution is -2.23. The molecule has 1 aliphatic heterocycles. The summed E-state index contributed by atoms with van der Waals surface area (Å²) in [4.78, 5) is 24.8. The van der Waals surface area contributed by atoms with Gasteiger partial charge in [0.05, 0.1) is 0 Å². The number of amides is 1. The average Bonchev–Trinajstić information content (AvgIpc) is 2.35. The maximum Gasteiger partial charge on any atom is 0.334 e. The van der Waals surface area contributed by atoms with Crippen molar-refractivity contribution in [1.82, 2.24) is 5.32 Å². The predicted molar refractivity (Wildman–Crippen MR) is 41.7 cm³/mol. The number of ether oxygens (including phenoxy) is 1. The lowest BCUT2D eigenvalue weighted by molar-refractivity contribution is -0.132. The van der Waals surface area contributed by atoms with Crippen molar-refractivity contribution in [2.45, 2.75) is 13.3 Å². The lowest BCUT2D eigenvalue weighted by atomic mass is 10.4. The second kappa shape index (κ2) is 3.85. The van der Waals surface area contributed by atoms with Gasteiger partial charge in [0, 0.05) is 19.9 Å². The Labute approximate surface area is 69.8 Å². The smallest absolute Gasteiger partial charge is 0.334 e. The van der Waals surface area contributed by atoms with Gasteiger partial charge >= 0.3 is 5.97 Å². The van der Waals surface area contributed by atoms with Crippen LogP contribution < -0.4 is 5.32 Å². The van der Waals surface area contributed by atoms with Crippen LogP contribution in [0.5, 0.6) is 0 Å². The van der Waals surface area contributed by atoms with Crippen molar-refractivity contribution < 1.29 is 14.3 Å². The number of carbonyl (C=O) groups excluding carboxylic acids is 2. The third-order valence-corrected chi connectivity index (χ3v) is 1.33. The molecular weight excluding hydrogens is 160 g/mol. The first-order valence-corrected chi connectivity index (χ1v) is 3.67. The quantitative estimate of drug-likeness (QED) is 0.579. The van der Waals surface area contributed by atoms with E-state index >= 15 is 0 Å². The zero-order valence-electron chi connectivity index (χ0n) is 6.79. The summed E-state index contributed by atoms with van der Waals surface area (Å²) in [5.74, 6) is -0.0125. The van der Waals surface area contributed by atoms with Crippen LogP contribution in [0.3, 0.4) is 0 Å². The minimum absolute atomic E-state index is 0.0973. The van der Waals surface area contributed by atoms with E-state index in [1.807, 2.05) is 0 Å². The molecule has 1 rings (SSSR count). The summed E-state index contributed by atoms with van der Waals surface area (Å²) < 4.78 is 4.70. The highest BCUT2D eigenvalue weighted by atomic mass is 16.6. The van der Waals surface area contributed by atoms with Gasteiger partial charge in [0.2, 0.25) is 5.91 Å². The van der Waals surface area contributed by atoms with E-state index in [1.165, 1.54) is 6.92 Å². The molecule has 0 fully saturated rings. The minimum Gasteiger partial charge on any atom is -0.410 e. The second-order valence-corrected chi connectivity index (χ2v) is 2.42. The first-order chi connectivity index (χ1) is 5.68. The summed E-state index contributed by atoms with van der Waals surface area (Å²) >= 11 is 0. The molecule has 1 heterocycles. The number of hydrogen-bond acceptors (Lipinski definition) is 4. The van der Waals surface area contributed by atoms with Crippen molar-refractivity contribution >= 4 is 17.8 Å². The lowest BCUT2D eigenvalue weighted by Gasteiger charge is -2.00. The molecule has 1 aliphatic rings. The van der Waals surface area contributed by atoms with Crippen LogP contribution in [0.25, 0.3) is 0 Å². The molecule has 0 saturated heterocycles. The molecule has 0 aliphatic carbocycles. The summed E-state index contributed by atoms with van der Waals surface area (Å²) in [5.41, 5.74) is 0. The van der Waals surface area contributed by atoms with Crippen molar-refractivity contribution in [2.24, 2.45) is 4.99 Å². The third-order valence-electron chi connectivity index (χ3n) is 1.33. The molecule has 0 bridgehead atoms. The Morgan fingerprint density at radius 3 is 3.00 bits per heavy atom. The number of cyclic esters (lactones) is 1. The minimum atomic E-state index is -0.326. The van der Waals surface area contributed by atoms with Crippen molar-refractivity contribution in [1.29, 1.82) is 0 Å². The Balaban J connectivity index is 2.16.